The Morgan fingerprint density at radius 2 is 1.85 bits per heavy atom. The van der Waals surface area contributed by atoms with Crippen molar-refractivity contribution in [3.05, 3.63) is 59.7 Å². The zero-order chi connectivity index (χ0) is 18.9. The molecule has 0 atom stereocenters. The Bertz CT molecular complexity index is 874. The van der Waals surface area contributed by atoms with Crippen LogP contribution in [0.3, 0.4) is 0 Å². The molecule has 6 heteroatoms. The molecule has 0 spiro atoms. The van der Waals surface area contributed by atoms with Crippen LogP contribution in [0.4, 0.5) is 11.4 Å². The van der Waals surface area contributed by atoms with Gasteiger partial charge in [-0.3, -0.25) is 9.59 Å². The molecule has 2 aliphatic rings. The van der Waals surface area contributed by atoms with E-state index in [1.807, 2.05) is 24.3 Å². The van der Waals surface area contributed by atoms with Crippen molar-refractivity contribution in [1.29, 1.82) is 0 Å². The molecule has 27 heavy (non-hydrogen) atoms. The fourth-order valence-corrected chi connectivity index (χ4v) is 3.65. The minimum atomic E-state index is -0.924. The summed E-state index contributed by atoms with van der Waals surface area (Å²) in [6.07, 6.45) is 1.83. The lowest BCUT2D eigenvalue weighted by atomic mass is 9.90. The lowest BCUT2D eigenvalue weighted by Crippen LogP contribution is -2.54. The second-order valence-corrected chi connectivity index (χ2v) is 7.14. The van der Waals surface area contributed by atoms with E-state index in [9.17, 15) is 9.59 Å². The normalized spacial score (nSPS) is 18.0. The highest BCUT2D eigenvalue weighted by Gasteiger charge is 2.36. The van der Waals surface area contributed by atoms with Crippen molar-refractivity contribution < 1.29 is 14.3 Å². The van der Waals surface area contributed by atoms with Gasteiger partial charge in [-0.25, -0.2) is 0 Å². The third kappa shape index (κ3) is 3.46. The van der Waals surface area contributed by atoms with E-state index in [1.54, 1.807) is 29.2 Å². The van der Waals surface area contributed by atoms with Gasteiger partial charge in [-0.05, 0) is 49.1 Å². The molecule has 1 fully saturated rings. The molecule has 0 radical (unpaired) electrons. The van der Waals surface area contributed by atoms with E-state index in [2.05, 4.69) is 5.32 Å². The Hall–Kier alpha value is -2.70. The van der Waals surface area contributed by atoms with Gasteiger partial charge in [-0.1, -0.05) is 24.3 Å². The Morgan fingerprint density at radius 3 is 2.67 bits per heavy atom. The first-order valence-electron chi connectivity index (χ1n) is 9.25. The number of hydrogen-bond donors (Lipinski definition) is 2. The monoisotopic (exact) mass is 365 g/mol. The van der Waals surface area contributed by atoms with Gasteiger partial charge in [-0.15, -0.1) is 0 Å². The summed E-state index contributed by atoms with van der Waals surface area (Å²) in [5.74, 6) is -0.300. The van der Waals surface area contributed by atoms with E-state index in [4.69, 9.17) is 10.5 Å². The topological polar surface area (TPSA) is 84.7 Å². The molecule has 0 aliphatic carbocycles. The molecule has 2 aromatic rings. The summed E-state index contributed by atoms with van der Waals surface area (Å²) in [5.41, 5.74) is 8.57. The molecule has 6 nitrogen and oxygen atoms in total. The van der Waals surface area contributed by atoms with E-state index in [0.29, 0.717) is 43.9 Å². The molecule has 2 aromatic carbocycles. The number of para-hydroxylation sites is 1. The maximum atomic E-state index is 13.0. The summed E-state index contributed by atoms with van der Waals surface area (Å²) in [7, 11) is 0. The number of hydrogen-bond acceptors (Lipinski definition) is 4. The van der Waals surface area contributed by atoms with Crippen molar-refractivity contribution in [2.45, 2.75) is 24.8 Å². The molecule has 0 unspecified atom stereocenters. The zero-order valence-corrected chi connectivity index (χ0v) is 15.1. The van der Waals surface area contributed by atoms with Crippen LogP contribution in [0, 0.1) is 0 Å². The molecule has 4 rings (SSSR count). The third-order valence-electron chi connectivity index (χ3n) is 5.34. The van der Waals surface area contributed by atoms with Crippen molar-refractivity contribution in [1.82, 2.24) is 0 Å². The molecule has 0 aromatic heterocycles. The van der Waals surface area contributed by atoms with Gasteiger partial charge in [0.1, 0.15) is 5.54 Å². The lowest BCUT2D eigenvalue weighted by molar-refractivity contribution is -0.124. The number of fused-ring (bicyclic) bond motifs is 1. The molecule has 2 amide bonds. The Kier molecular flexibility index (Phi) is 4.68. The molecular weight excluding hydrogens is 342 g/mol. The molecule has 0 bridgehead atoms. The van der Waals surface area contributed by atoms with Crippen molar-refractivity contribution in [3.63, 3.8) is 0 Å². The number of rotatable bonds is 3. The Labute approximate surface area is 158 Å². The minimum absolute atomic E-state index is 0.0652. The summed E-state index contributed by atoms with van der Waals surface area (Å²) in [5, 5.41) is 2.87. The average Bonchev–Trinajstić information content (AvgIpc) is 3.12. The van der Waals surface area contributed by atoms with Crippen LogP contribution in [0.5, 0.6) is 0 Å². The first-order valence-corrected chi connectivity index (χ1v) is 9.25. The Morgan fingerprint density at radius 1 is 1.07 bits per heavy atom. The van der Waals surface area contributed by atoms with Crippen molar-refractivity contribution in [2.24, 2.45) is 5.73 Å². The highest BCUT2D eigenvalue weighted by molar-refractivity contribution is 6.08. The number of ether oxygens (including phenoxy) is 1. The van der Waals surface area contributed by atoms with Crippen LogP contribution in [0.25, 0.3) is 0 Å². The number of carbonyl (C=O) groups excluding carboxylic acids is 2. The second kappa shape index (κ2) is 7.13. The van der Waals surface area contributed by atoms with Gasteiger partial charge in [0.2, 0.25) is 5.91 Å². The summed E-state index contributed by atoms with van der Waals surface area (Å²) in [6.45, 7) is 1.63. The van der Waals surface area contributed by atoms with Crippen molar-refractivity contribution >= 4 is 23.2 Å². The fourth-order valence-electron chi connectivity index (χ4n) is 3.65. The van der Waals surface area contributed by atoms with Gasteiger partial charge < -0.3 is 20.7 Å². The van der Waals surface area contributed by atoms with E-state index in [-0.39, 0.29) is 11.8 Å². The zero-order valence-electron chi connectivity index (χ0n) is 15.1. The molecule has 3 N–H and O–H groups in total. The standard InChI is InChI=1S/C21H23N3O3/c22-21(9-12-27-13-10-21)20(26)23-17-6-3-5-16(14-17)19(25)24-11-8-15-4-1-2-7-18(15)24/h1-7,14H,8-13,22H2,(H,23,26). The third-order valence-corrected chi connectivity index (χ3v) is 5.34. The number of carbonyl (C=O) groups is 2. The summed E-state index contributed by atoms with van der Waals surface area (Å²) in [4.78, 5) is 27.4. The number of nitrogens with zero attached hydrogens (tertiary/aromatic N) is 1. The molecule has 1 saturated heterocycles. The first kappa shape index (κ1) is 17.7. The molecule has 140 valence electrons. The van der Waals surface area contributed by atoms with Crippen LogP contribution >= 0.6 is 0 Å². The molecular formula is C21H23N3O3. The van der Waals surface area contributed by atoms with Crippen LogP contribution in [0.1, 0.15) is 28.8 Å². The number of nitrogens with two attached hydrogens (primary N) is 1. The van der Waals surface area contributed by atoms with Crippen LogP contribution in [-0.2, 0) is 16.0 Å². The van der Waals surface area contributed by atoms with Crippen LogP contribution < -0.4 is 16.0 Å². The smallest absolute Gasteiger partial charge is 0.258 e. The first-order chi connectivity index (χ1) is 13.1. The minimum Gasteiger partial charge on any atom is -0.381 e. The highest BCUT2D eigenvalue weighted by Crippen LogP contribution is 2.29. The Balaban J connectivity index is 1.51. The lowest BCUT2D eigenvalue weighted by Gasteiger charge is -2.31. The van der Waals surface area contributed by atoms with E-state index in [1.165, 1.54) is 5.56 Å². The SMILES string of the molecule is NC1(C(=O)Nc2cccc(C(=O)N3CCc4ccccc43)c2)CCOCC1. The summed E-state index contributed by atoms with van der Waals surface area (Å²) < 4.78 is 5.29. The van der Waals surface area contributed by atoms with Gasteiger partial charge in [0.15, 0.2) is 0 Å². The number of benzene rings is 2. The molecule has 2 heterocycles. The number of amides is 2. The summed E-state index contributed by atoms with van der Waals surface area (Å²) >= 11 is 0. The molecule has 0 saturated carbocycles. The van der Waals surface area contributed by atoms with Gasteiger partial charge in [0.05, 0.1) is 0 Å². The average molecular weight is 365 g/mol. The van der Waals surface area contributed by atoms with Crippen molar-refractivity contribution in [3.8, 4) is 0 Å². The largest absolute Gasteiger partial charge is 0.381 e. The van der Waals surface area contributed by atoms with Gasteiger partial charge in [0.25, 0.3) is 5.91 Å². The van der Waals surface area contributed by atoms with Gasteiger partial charge in [0, 0.05) is 36.7 Å². The number of nitrogens with one attached hydrogen (secondary N) is 1. The van der Waals surface area contributed by atoms with Crippen LogP contribution in [0.15, 0.2) is 48.5 Å². The van der Waals surface area contributed by atoms with Crippen LogP contribution in [-0.4, -0.2) is 37.1 Å². The number of anilines is 2. The van der Waals surface area contributed by atoms with E-state index < -0.39 is 5.54 Å². The van der Waals surface area contributed by atoms with E-state index >= 15 is 0 Å². The highest BCUT2D eigenvalue weighted by atomic mass is 16.5. The van der Waals surface area contributed by atoms with Gasteiger partial charge >= 0.3 is 0 Å². The predicted octanol–water partition coefficient (Wildman–Crippen LogP) is 2.34. The summed E-state index contributed by atoms with van der Waals surface area (Å²) in [6, 6.07) is 15.0. The predicted molar refractivity (Wildman–Crippen MR) is 104 cm³/mol. The molecule has 2 aliphatic heterocycles. The maximum absolute atomic E-state index is 13.0. The van der Waals surface area contributed by atoms with E-state index in [0.717, 1.165) is 12.1 Å². The maximum Gasteiger partial charge on any atom is 0.258 e. The van der Waals surface area contributed by atoms with Gasteiger partial charge in [-0.2, -0.15) is 0 Å². The fraction of sp³-hybridized carbons (Fsp3) is 0.333. The van der Waals surface area contributed by atoms with Crippen LogP contribution in [0.2, 0.25) is 0 Å². The van der Waals surface area contributed by atoms with Crippen molar-refractivity contribution in [2.75, 3.05) is 30.0 Å². The second-order valence-electron chi connectivity index (χ2n) is 7.14. The quantitative estimate of drug-likeness (QED) is 0.874.